The number of carbonyl (C=O) groups is 1. The fourth-order valence-corrected chi connectivity index (χ4v) is 4.22. The number of hydrogen-bond donors (Lipinski definition) is 1. The van der Waals surface area contributed by atoms with Crippen LogP contribution in [0.5, 0.6) is 5.75 Å². The summed E-state index contributed by atoms with van der Waals surface area (Å²) >= 11 is 6.13. The Labute approximate surface area is 235 Å². The molecule has 1 N–H and O–H groups in total. The Balaban J connectivity index is 1.53. The Hall–Kier alpha value is -4.04. The molecule has 5 nitrogen and oxygen atoms in total. The number of aliphatic carboxylic acids is 1. The van der Waals surface area contributed by atoms with Crippen molar-refractivity contribution in [3.8, 4) is 16.9 Å². The molecule has 0 fully saturated rings. The van der Waals surface area contributed by atoms with Gasteiger partial charge in [-0.2, -0.15) is 13.2 Å². The molecule has 4 aromatic rings. The first kappa shape index (κ1) is 29.0. The first-order valence-electron chi connectivity index (χ1n) is 12.6. The summed E-state index contributed by atoms with van der Waals surface area (Å²) in [4.78, 5) is 18.0. The van der Waals surface area contributed by atoms with Gasteiger partial charge in [0, 0.05) is 29.9 Å². The summed E-state index contributed by atoms with van der Waals surface area (Å²) in [5, 5.41) is 9.90. The lowest BCUT2D eigenvalue weighted by Gasteiger charge is -2.25. The highest BCUT2D eigenvalue weighted by molar-refractivity contribution is 6.30. The first-order chi connectivity index (χ1) is 18.9. The molecule has 0 unspecified atom stereocenters. The molecule has 0 aliphatic rings. The lowest BCUT2D eigenvalue weighted by atomic mass is 10.1. The molecule has 0 bridgehead atoms. The van der Waals surface area contributed by atoms with E-state index in [-0.39, 0.29) is 0 Å². The Morgan fingerprint density at radius 1 is 0.925 bits per heavy atom. The minimum Gasteiger partial charge on any atom is -0.478 e. The van der Waals surface area contributed by atoms with E-state index in [1.54, 1.807) is 24.4 Å². The number of ether oxygens (including phenoxy) is 1. The van der Waals surface area contributed by atoms with Crippen molar-refractivity contribution >= 4 is 23.4 Å². The monoisotopic (exact) mass is 568 g/mol. The molecule has 0 saturated heterocycles. The van der Waals surface area contributed by atoms with Crippen LogP contribution in [0.3, 0.4) is 0 Å². The number of benzene rings is 3. The minimum absolute atomic E-state index is 0.357. The van der Waals surface area contributed by atoms with Gasteiger partial charge in [0.1, 0.15) is 11.6 Å². The van der Waals surface area contributed by atoms with Crippen LogP contribution >= 0.6 is 11.6 Å². The largest absolute Gasteiger partial charge is 0.478 e. The topological polar surface area (TPSA) is 62.7 Å². The standard InChI is InChI=1S/C31H28ClF3N2O3/c1-30(2,29(38)39)40-27-13-8-21(9-14-27)16-17-37(20-22-6-11-25(12-7-22)31(33,34)35)28-15-10-24(19-36-28)23-4-3-5-26(32)18-23/h3-15,18-19H,16-17,20H2,1-2H3,(H,38,39). The third kappa shape index (κ3) is 7.54. The molecule has 1 aromatic heterocycles. The number of aromatic nitrogens is 1. The predicted octanol–water partition coefficient (Wildman–Crippen LogP) is 7.91. The summed E-state index contributed by atoms with van der Waals surface area (Å²) in [5.74, 6) is 0.0502. The third-order valence-corrected chi connectivity index (χ3v) is 6.60. The van der Waals surface area contributed by atoms with Gasteiger partial charge in [-0.3, -0.25) is 0 Å². The van der Waals surface area contributed by atoms with E-state index in [1.165, 1.54) is 26.0 Å². The van der Waals surface area contributed by atoms with Gasteiger partial charge in [0.05, 0.1) is 5.56 Å². The van der Waals surface area contributed by atoms with Gasteiger partial charge in [-0.25, -0.2) is 9.78 Å². The number of carboxylic acids is 1. The van der Waals surface area contributed by atoms with Crippen LogP contribution in [0.15, 0.2) is 91.1 Å². The number of carboxylic acid groups (broad SMARTS) is 1. The summed E-state index contributed by atoms with van der Waals surface area (Å²) in [6.45, 7) is 3.85. The summed E-state index contributed by atoms with van der Waals surface area (Å²) in [6, 6.07) is 23.5. The molecule has 0 amide bonds. The fraction of sp³-hybridized carbons (Fsp3) is 0.226. The van der Waals surface area contributed by atoms with Crippen LogP contribution < -0.4 is 9.64 Å². The maximum absolute atomic E-state index is 13.1. The quantitative estimate of drug-likeness (QED) is 0.211. The Morgan fingerprint density at radius 2 is 1.60 bits per heavy atom. The van der Waals surface area contributed by atoms with Crippen molar-refractivity contribution in [1.29, 1.82) is 0 Å². The molecule has 0 saturated carbocycles. The molecule has 9 heteroatoms. The van der Waals surface area contributed by atoms with Crippen molar-refractivity contribution in [2.24, 2.45) is 0 Å². The van der Waals surface area contributed by atoms with E-state index in [0.29, 0.717) is 41.7 Å². The van der Waals surface area contributed by atoms with Crippen LogP contribution in [-0.2, 0) is 23.9 Å². The summed E-state index contributed by atoms with van der Waals surface area (Å²) in [6.07, 6.45) is -2.04. The predicted molar refractivity (Wildman–Crippen MR) is 150 cm³/mol. The third-order valence-electron chi connectivity index (χ3n) is 6.37. The number of nitrogens with zero attached hydrogens (tertiary/aromatic N) is 2. The van der Waals surface area contributed by atoms with Crippen molar-refractivity contribution in [3.63, 3.8) is 0 Å². The van der Waals surface area contributed by atoms with Gasteiger partial charge in [0.25, 0.3) is 0 Å². The van der Waals surface area contributed by atoms with Gasteiger partial charge in [-0.05, 0) is 85.5 Å². The van der Waals surface area contributed by atoms with Crippen molar-refractivity contribution in [2.45, 2.75) is 38.6 Å². The molecule has 3 aromatic carbocycles. The van der Waals surface area contributed by atoms with Crippen molar-refractivity contribution in [1.82, 2.24) is 4.98 Å². The molecule has 0 spiro atoms. The number of anilines is 1. The van der Waals surface area contributed by atoms with Gasteiger partial charge >= 0.3 is 12.1 Å². The van der Waals surface area contributed by atoms with Crippen LogP contribution in [0, 0.1) is 0 Å². The molecule has 0 aliphatic heterocycles. The van der Waals surface area contributed by atoms with Crippen LogP contribution in [-0.4, -0.2) is 28.2 Å². The van der Waals surface area contributed by atoms with E-state index >= 15 is 0 Å². The van der Waals surface area contributed by atoms with Crippen LogP contribution in [0.1, 0.15) is 30.5 Å². The van der Waals surface area contributed by atoms with E-state index in [1.807, 2.05) is 47.4 Å². The summed E-state index contributed by atoms with van der Waals surface area (Å²) < 4.78 is 44.7. The second-order valence-electron chi connectivity index (χ2n) is 9.84. The van der Waals surface area contributed by atoms with Gasteiger partial charge in [-0.1, -0.05) is 48.0 Å². The molecular formula is C31H28ClF3N2O3. The number of pyridine rings is 1. The second kappa shape index (κ2) is 12.0. The zero-order valence-electron chi connectivity index (χ0n) is 22.0. The number of alkyl halides is 3. The molecular weight excluding hydrogens is 541 g/mol. The lowest BCUT2D eigenvalue weighted by molar-refractivity contribution is -0.152. The normalized spacial score (nSPS) is 11.8. The van der Waals surface area contributed by atoms with E-state index in [9.17, 15) is 23.1 Å². The van der Waals surface area contributed by atoms with Gasteiger partial charge < -0.3 is 14.7 Å². The number of halogens is 4. The van der Waals surface area contributed by atoms with Gasteiger partial charge in [0.2, 0.25) is 0 Å². The van der Waals surface area contributed by atoms with E-state index < -0.39 is 23.3 Å². The fourth-order valence-electron chi connectivity index (χ4n) is 4.03. The first-order valence-corrected chi connectivity index (χ1v) is 12.9. The van der Waals surface area contributed by atoms with E-state index in [4.69, 9.17) is 16.3 Å². The zero-order chi connectivity index (χ0) is 28.9. The Morgan fingerprint density at radius 3 is 2.17 bits per heavy atom. The summed E-state index contributed by atoms with van der Waals surface area (Å²) in [5.41, 5.74) is 1.46. The molecule has 40 heavy (non-hydrogen) atoms. The average Bonchev–Trinajstić information content (AvgIpc) is 2.91. The molecule has 0 atom stereocenters. The maximum atomic E-state index is 13.1. The highest BCUT2D eigenvalue weighted by Crippen LogP contribution is 2.30. The maximum Gasteiger partial charge on any atom is 0.416 e. The van der Waals surface area contributed by atoms with Gasteiger partial charge in [-0.15, -0.1) is 0 Å². The van der Waals surface area contributed by atoms with Crippen molar-refractivity contribution in [2.75, 3.05) is 11.4 Å². The molecule has 0 aliphatic carbocycles. The molecule has 0 radical (unpaired) electrons. The van der Waals surface area contributed by atoms with Crippen molar-refractivity contribution in [3.05, 3.63) is 113 Å². The van der Waals surface area contributed by atoms with Crippen LogP contribution in [0.25, 0.3) is 11.1 Å². The van der Waals surface area contributed by atoms with Crippen molar-refractivity contribution < 1.29 is 27.8 Å². The lowest BCUT2D eigenvalue weighted by Crippen LogP contribution is -2.37. The Bertz CT molecular complexity index is 1440. The molecule has 4 rings (SSSR count). The highest BCUT2D eigenvalue weighted by Gasteiger charge is 2.30. The second-order valence-corrected chi connectivity index (χ2v) is 10.3. The average molecular weight is 569 g/mol. The zero-order valence-corrected chi connectivity index (χ0v) is 22.7. The molecule has 1 heterocycles. The van der Waals surface area contributed by atoms with Crippen LogP contribution in [0.2, 0.25) is 5.02 Å². The van der Waals surface area contributed by atoms with Gasteiger partial charge in [0.15, 0.2) is 5.60 Å². The Kier molecular flexibility index (Phi) is 8.69. The van der Waals surface area contributed by atoms with Crippen LogP contribution in [0.4, 0.5) is 19.0 Å². The SMILES string of the molecule is CC(C)(Oc1ccc(CCN(Cc2ccc(C(F)(F)F)cc2)c2ccc(-c3cccc(Cl)c3)cn2)cc1)C(=O)O. The summed E-state index contributed by atoms with van der Waals surface area (Å²) in [7, 11) is 0. The number of hydrogen-bond acceptors (Lipinski definition) is 4. The smallest absolute Gasteiger partial charge is 0.416 e. The number of rotatable bonds is 10. The highest BCUT2D eigenvalue weighted by atomic mass is 35.5. The van der Waals surface area contributed by atoms with E-state index in [2.05, 4.69) is 4.98 Å². The van der Waals surface area contributed by atoms with E-state index in [0.717, 1.165) is 28.8 Å². The molecule has 208 valence electrons. The minimum atomic E-state index is -4.40.